The minimum Gasteiger partial charge on any atom is -0.506 e. The maximum atomic E-state index is 13.4. The lowest BCUT2D eigenvalue weighted by molar-refractivity contribution is 0.0966. The number of nitrogens with one attached hydrogen (secondary N) is 1. The zero-order valence-corrected chi connectivity index (χ0v) is 18.1. The van der Waals surface area contributed by atoms with Gasteiger partial charge in [0.15, 0.2) is 5.78 Å². The van der Waals surface area contributed by atoms with Crippen molar-refractivity contribution in [2.75, 3.05) is 39.3 Å². The van der Waals surface area contributed by atoms with Crippen LogP contribution in [0.5, 0.6) is 11.5 Å². The molecule has 3 aromatic rings. The van der Waals surface area contributed by atoms with Crippen LogP contribution in [0.2, 0.25) is 0 Å². The van der Waals surface area contributed by atoms with Crippen LogP contribution in [0.4, 0.5) is 0 Å². The molecule has 32 heavy (non-hydrogen) atoms. The number of phenols is 2. The number of halogens is 1. The number of phenolic OH excluding ortho intramolecular Hbond substituents is 2. The number of H-pyrrole nitrogens is 1. The second-order valence-electron chi connectivity index (χ2n) is 8.06. The molecule has 1 aromatic heterocycles. The number of aromatic amines is 1. The third kappa shape index (κ3) is 3.36. The fourth-order valence-electron chi connectivity index (χ4n) is 4.68. The van der Waals surface area contributed by atoms with Crippen LogP contribution in [0.15, 0.2) is 30.5 Å². The predicted octanol–water partition coefficient (Wildman–Crippen LogP) is 1.89. The molecule has 0 radical (unpaired) electrons. The van der Waals surface area contributed by atoms with Crippen molar-refractivity contribution in [3.05, 3.63) is 58.4 Å². The molecule has 8 nitrogen and oxygen atoms in total. The molecular weight excluding hydrogens is 434 g/mol. The van der Waals surface area contributed by atoms with E-state index in [1.165, 1.54) is 0 Å². The number of aliphatic hydroxyl groups is 1. The standard InChI is InChI=1S/C23H23N3O5.ClH/c27-10-9-25-5-7-26(8-6-25)12-13-11-24-19-16(13)22(30)17-18(23(19)31)21(29)15-4-2-1-3-14(15)20(17)28;/h1-4,11,24,27-29H,5-10,12H2;1H. The van der Waals surface area contributed by atoms with Crippen LogP contribution in [-0.4, -0.2) is 81.0 Å². The summed E-state index contributed by atoms with van der Waals surface area (Å²) in [6, 6.07) is 6.62. The highest BCUT2D eigenvalue weighted by Gasteiger charge is 2.39. The first-order valence-electron chi connectivity index (χ1n) is 10.3. The van der Waals surface area contributed by atoms with Gasteiger partial charge in [0.2, 0.25) is 5.78 Å². The van der Waals surface area contributed by atoms with Gasteiger partial charge in [-0.25, -0.2) is 0 Å². The number of fused-ring (bicyclic) bond motifs is 3. The van der Waals surface area contributed by atoms with Gasteiger partial charge in [-0.3, -0.25) is 19.4 Å². The maximum Gasteiger partial charge on any atom is 0.214 e. The van der Waals surface area contributed by atoms with Gasteiger partial charge < -0.3 is 20.3 Å². The summed E-state index contributed by atoms with van der Waals surface area (Å²) in [7, 11) is 0. The quantitative estimate of drug-likeness (QED) is 0.346. The molecule has 0 unspecified atom stereocenters. The number of aliphatic hydroxyl groups excluding tert-OH is 1. The lowest BCUT2D eigenvalue weighted by Gasteiger charge is -2.34. The monoisotopic (exact) mass is 457 g/mol. The highest BCUT2D eigenvalue weighted by molar-refractivity contribution is 6.32. The van der Waals surface area contributed by atoms with Gasteiger partial charge in [-0.1, -0.05) is 24.3 Å². The van der Waals surface area contributed by atoms with E-state index in [9.17, 15) is 19.8 Å². The van der Waals surface area contributed by atoms with Crippen molar-refractivity contribution in [3.63, 3.8) is 0 Å². The number of benzene rings is 2. The molecule has 1 saturated heterocycles. The van der Waals surface area contributed by atoms with Crippen molar-refractivity contribution in [2.45, 2.75) is 6.54 Å². The smallest absolute Gasteiger partial charge is 0.214 e. The zero-order valence-electron chi connectivity index (χ0n) is 17.3. The molecule has 1 aliphatic carbocycles. The maximum absolute atomic E-state index is 13.4. The Morgan fingerprint density at radius 1 is 0.844 bits per heavy atom. The van der Waals surface area contributed by atoms with Gasteiger partial charge in [0.25, 0.3) is 0 Å². The lowest BCUT2D eigenvalue weighted by Crippen LogP contribution is -2.46. The molecule has 0 bridgehead atoms. The minimum absolute atomic E-state index is 0. The van der Waals surface area contributed by atoms with E-state index in [0.717, 1.165) is 26.2 Å². The Bertz CT molecular complexity index is 1210. The molecule has 2 aromatic carbocycles. The van der Waals surface area contributed by atoms with Crippen molar-refractivity contribution in [1.82, 2.24) is 14.8 Å². The number of carbonyl (C=O) groups is 2. The number of ketones is 2. The number of hydrogen-bond donors (Lipinski definition) is 4. The van der Waals surface area contributed by atoms with Gasteiger partial charge in [-0.2, -0.15) is 0 Å². The number of piperazine rings is 1. The SMILES string of the molecule is Cl.O=C1c2[nH]cc(CN3CCN(CCO)CC3)c2C(=O)c2c1c(O)c1ccccc1c2O. The van der Waals surface area contributed by atoms with Gasteiger partial charge in [0, 0.05) is 56.2 Å². The Labute approximate surface area is 190 Å². The lowest BCUT2D eigenvalue weighted by atomic mass is 9.83. The highest BCUT2D eigenvalue weighted by atomic mass is 35.5. The van der Waals surface area contributed by atoms with E-state index in [2.05, 4.69) is 14.8 Å². The van der Waals surface area contributed by atoms with Crippen LogP contribution in [0.3, 0.4) is 0 Å². The van der Waals surface area contributed by atoms with Gasteiger partial charge >= 0.3 is 0 Å². The van der Waals surface area contributed by atoms with Crippen LogP contribution >= 0.6 is 12.4 Å². The summed E-state index contributed by atoms with van der Waals surface area (Å²) in [6.45, 7) is 4.49. The highest BCUT2D eigenvalue weighted by Crippen LogP contribution is 2.44. The molecule has 0 amide bonds. The van der Waals surface area contributed by atoms with E-state index in [-0.39, 0.29) is 52.9 Å². The average molecular weight is 458 g/mol. The number of carbonyl (C=O) groups excluding carboxylic acids is 2. The van der Waals surface area contributed by atoms with Crippen molar-refractivity contribution >= 4 is 34.7 Å². The van der Waals surface area contributed by atoms with Crippen molar-refractivity contribution in [1.29, 1.82) is 0 Å². The van der Waals surface area contributed by atoms with E-state index in [1.807, 2.05) is 0 Å². The molecule has 168 valence electrons. The first-order valence-corrected chi connectivity index (χ1v) is 10.3. The third-order valence-electron chi connectivity index (χ3n) is 6.31. The summed E-state index contributed by atoms with van der Waals surface area (Å²) >= 11 is 0. The van der Waals surface area contributed by atoms with Crippen LogP contribution < -0.4 is 0 Å². The number of hydrogen-bond acceptors (Lipinski definition) is 7. The Morgan fingerprint density at radius 3 is 2.00 bits per heavy atom. The average Bonchev–Trinajstić information content (AvgIpc) is 3.20. The third-order valence-corrected chi connectivity index (χ3v) is 6.31. The number of β-amino-alcohol motifs (C(OH)–C–C–N with tert-alkyl or cyclic N) is 1. The zero-order chi connectivity index (χ0) is 21.7. The Hall–Kier alpha value is -2.91. The molecule has 1 aliphatic heterocycles. The second-order valence-corrected chi connectivity index (χ2v) is 8.06. The van der Waals surface area contributed by atoms with Crippen molar-refractivity contribution < 1.29 is 24.9 Å². The van der Waals surface area contributed by atoms with E-state index in [4.69, 9.17) is 5.11 Å². The number of aromatic nitrogens is 1. The van der Waals surface area contributed by atoms with Crippen LogP contribution in [0.1, 0.15) is 37.5 Å². The molecule has 0 spiro atoms. The van der Waals surface area contributed by atoms with Crippen LogP contribution in [0.25, 0.3) is 10.8 Å². The first-order chi connectivity index (χ1) is 15.0. The summed E-state index contributed by atoms with van der Waals surface area (Å²) < 4.78 is 0. The largest absolute Gasteiger partial charge is 0.506 e. The molecule has 2 heterocycles. The molecule has 5 rings (SSSR count). The molecule has 2 aliphatic rings. The first kappa shape index (κ1) is 22.3. The van der Waals surface area contributed by atoms with Gasteiger partial charge in [-0.05, 0) is 5.56 Å². The molecule has 0 atom stereocenters. The Morgan fingerprint density at radius 2 is 1.41 bits per heavy atom. The normalized spacial score (nSPS) is 16.7. The summed E-state index contributed by atoms with van der Waals surface area (Å²) in [5.74, 6) is -1.53. The Kier molecular flexibility index (Phi) is 5.96. The van der Waals surface area contributed by atoms with Crippen LogP contribution in [0, 0.1) is 0 Å². The number of aromatic hydroxyl groups is 2. The minimum atomic E-state index is -0.498. The summed E-state index contributed by atoms with van der Waals surface area (Å²) in [6.07, 6.45) is 1.67. The summed E-state index contributed by atoms with van der Waals surface area (Å²) in [5, 5.41) is 31.3. The fraction of sp³-hybridized carbons (Fsp3) is 0.304. The van der Waals surface area contributed by atoms with E-state index in [1.54, 1.807) is 30.5 Å². The molecule has 4 N–H and O–H groups in total. The molecule has 9 heteroatoms. The Balaban J connectivity index is 0.00000245. The van der Waals surface area contributed by atoms with E-state index in [0.29, 0.717) is 29.4 Å². The van der Waals surface area contributed by atoms with Gasteiger partial charge in [-0.15, -0.1) is 12.4 Å². The topological polar surface area (TPSA) is 117 Å². The second kappa shape index (κ2) is 8.55. The van der Waals surface area contributed by atoms with Crippen LogP contribution in [-0.2, 0) is 6.54 Å². The van der Waals surface area contributed by atoms with E-state index < -0.39 is 11.6 Å². The number of nitrogens with zero attached hydrogens (tertiary/aromatic N) is 2. The number of rotatable bonds is 4. The molecule has 1 fully saturated rings. The van der Waals surface area contributed by atoms with E-state index >= 15 is 0 Å². The molecule has 0 saturated carbocycles. The summed E-state index contributed by atoms with van der Waals surface area (Å²) in [5.41, 5.74) is 0.820. The fourth-order valence-corrected chi connectivity index (χ4v) is 4.68. The van der Waals surface area contributed by atoms with Gasteiger partial charge in [0.1, 0.15) is 11.5 Å². The van der Waals surface area contributed by atoms with Crippen molar-refractivity contribution in [3.8, 4) is 11.5 Å². The van der Waals surface area contributed by atoms with Gasteiger partial charge in [0.05, 0.1) is 29.0 Å². The van der Waals surface area contributed by atoms with Crippen molar-refractivity contribution in [2.24, 2.45) is 0 Å². The predicted molar refractivity (Wildman–Crippen MR) is 121 cm³/mol. The summed E-state index contributed by atoms with van der Waals surface area (Å²) in [4.78, 5) is 33.9. The molecular formula is C23H24ClN3O5.